The summed E-state index contributed by atoms with van der Waals surface area (Å²) in [5.74, 6) is 0. The van der Waals surface area contributed by atoms with Crippen molar-refractivity contribution in [2.75, 3.05) is 6.54 Å². The maximum absolute atomic E-state index is 12.2. The lowest BCUT2D eigenvalue weighted by atomic mass is 9.90. The van der Waals surface area contributed by atoms with Crippen molar-refractivity contribution in [1.29, 1.82) is 0 Å². The Balaban J connectivity index is 1.82. The van der Waals surface area contributed by atoms with Crippen LogP contribution in [0.4, 0.5) is 4.79 Å². The van der Waals surface area contributed by atoms with E-state index in [2.05, 4.69) is 30.1 Å². The number of aliphatic hydroxyl groups is 1. The van der Waals surface area contributed by atoms with Crippen molar-refractivity contribution in [3.05, 3.63) is 35.5 Å². The summed E-state index contributed by atoms with van der Waals surface area (Å²) in [6.07, 6.45) is 2.75. The molecule has 124 valence electrons. The van der Waals surface area contributed by atoms with E-state index in [9.17, 15) is 9.90 Å². The molecular weight excluding hydrogens is 292 g/mol. The molecule has 1 aliphatic heterocycles. The van der Waals surface area contributed by atoms with Gasteiger partial charge in [-0.05, 0) is 51.3 Å². The van der Waals surface area contributed by atoms with Crippen LogP contribution in [0.15, 0.2) is 24.4 Å². The molecule has 1 fully saturated rings. The Morgan fingerprint density at radius 1 is 1.35 bits per heavy atom. The molecule has 0 aliphatic carbocycles. The minimum atomic E-state index is -1.30. The Bertz CT molecular complexity index is 750. The maximum Gasteiger partial charge on any atom is 0.412 e. The van der Waals surface area contributed by atoms with Crippen molar-refractivity contribution in [2.45, 2.75) is 51.9 Å². The van der Waals surface area contributed by atoms with Crippen molar-refractivity contribution in [3.63, 3.8) is 0 Å². The quantitative estimate of drug-likeness (QED) is 0.909. The van der Waals surface area contributed by atoms with Crippen molar-refractivity contribution in [1.82, 2.24) is 9.88 Å². The van der Waals surface area contributed by atoms with Gasteiger partial charge in [-0.3, -0.25) is 4.90 Å². The lowest BCUT2D eigenvalue weighted by molar-refractivity contribution is -0.137. The summed E-state index contributed by atoms with van der Waals surface area (Å²) in [5.41, 5.74) is 1.24. The molecule has 0 bridgehead atoms. The molecule has 1 aromatic heterocycles. The van der Waals surface area contributed by atoms with Gasteiger partial charge in [-0.1, -0.05) is 18.6 Å². The molecule has 0 radical (unpaired) electrons. The Hall–Kier alpha value is -2.01. The number of amides is 1. The van der Waals surface area contributed by atoms with E-state index in [1.807, 2.05) is 13.1 Å². The van der Waals surface area contributed by atoms with Crippen LogP contribution < -0.4 is 0 Å². The number of cyclic esters (lactones) is 1. The highest BCUT2D eigenvalue weighted by Gasteiger charge is 2.57. The second-order valence-corrected chi connectivity index (χ2v) is 6.74. The Morgan fingerprint density at radius 2 is 2.09 bits per heavy atom. The van der Waals surface area contributed by atoms with Crippen LogP contribution in [0.5, 0.6) is 0 Å². The number of aromatic nitrogens is 1. The first-order valence-corrected chi connectivity index (χ1v) is 8.08. The highest BCUT2D eigenvalue weighted by atomic mass is 16.6. The number of hydrogen-bond acceptors (Lipinski definition) is 3. The number of H-pyrrole nitrogens is 1. The molecule has 0 spiro atoms. The summed E-state index contributed by atoms with van der Waals surface area (Å²) in [7, 11) is 0. The van der Waals surface area contributed by atoms with Gasteiger partial charge in [0.2, 0.25) is 0 Å². The van der Waals surface area contributed by atoms with Gasteiger partial charge in [-0.2, -0.15) is 0 Å². The number of hydrogen-bond donors (Lipinski definition) is 2. The summed E-state index contributed by atoms with van der Waals surface area (Å²) in [6, 6.07) is 6.26. The zero-order valence-corrected chi connectivity index (χ0v) is 14.1. The van der Waals surface area contributed by atoms with Gasteiger partial charge in [-0.15, -0.1) is 0 Å². The molecular formula is C18H24N2O3. The van der Waals surface area contributed by atoms with E-state index in [0.29, 0.717) is 19.4 Å². The second-order valence-electron chi connectivity index (χ2n) is 6.74. The first-order chi connectivity index (χ1) is 10.8. The normalized spacial score (nSPS) is 27.7. The number of rotatable bonds is 4. The highest BCUT2D eigenvalue weighted by Crippen LogP contribution is 2.39. The topological polar surface area (TPSA) is 65.6 Å². The van der Waals surface area contributed by atoms with Gasteiger partial charge in [0.25, 0.3) is 0 Å². The van der Waals surface area contributed by atoms with E-state index in [1.165, 1.54) is 10.5 Å². The number of ether oxygens (including phenoxy) is 1. The van der Waals surface area contributed by atoms with Gasteiger partial charge in [0.05, 0.1) is 0 Å². The predicted molar refractivity (Wildman–Crippen MR) is 89.2 cm³/mol. The first kappa shape index (κ1) is 15.9. The summed E-state index contributed by atoms with van der Waals surface area (Å²) in [5, 5.41) is 12.0. The van der Waals surface area contributed by atoms with E-state index < -0.39 is 17.4 Å². The average molecular weight is 316 g/mol. The minimum absolute atomic E-state index is 0.419. The lowest BCUT2D eigenvalue weighted by Crippen LogP contribution is -2.55. The van der Waals surface area contributed by atoms with Crippen molar-refractivity contribution >= 4 is 17.0 Å². The van der Waals surface area contributed by atoms with Crippen molar-refractivity contribution in [2.24, 2.45) is 0 Å². The van der Waals surface area contributed by atoms with Crippen LogP contribution in [0.3, 0.4) is 0 Å². The number of fused-ring (bicyclic) bond motifs is 1. The largest absolute Gasteiger partial charge is 0.438 e. The molecule has 1 aliphatic rings. The van der Waals surface area contributed by atoms with Crippen LogP contribution in [0, 0.1) is 6.92 Å². The zero-order valence-electron chi connectivity index (χ0n) is 14.1. The van der Waals surface area contributed by atoms with E-state index >= 15 is 0 Å². The van der Waals surface area contributed by atoms with Crippen molar-refractivity contribution in [3.8, 4) is 0 Å². The van der Waals surface area contributed by atoms with E-state index in [1.54, 1.807) is 13.8 Å². The Morgan fingerprint density at radius 3 is 2.74 bits per heavy atom. The number of carbonyl (C=O) groups excluding carboxylic acids is 1. The van der Waals surface area contributed by atoms with Crippen LogP contribution in [0.1, 0.15) is 38.3 Å². The second kappa shape index (κ2) is 5.27. The van der Waals surface area contributed by atoms with Crippen molar-refractivity contribution < 1.29 is 14.6 Å². The molecule has 1 aromatic carbocycles. The van der Waals surface area contributed by atoms with Gasteiger partial charge in [0.1, 0.15) is 0 Å². The summed E-state index contributed by atoms with van der Waals surface area (Å²) < 4.78 is 5.43. The smallest absolute Gasteiger partial charge is 0.412 e. The van der Waals surface area contributed by atoms with E-state index in [0.717, 1.165) is 16.5 Å². The molecule has 0 saturated carbocycles. The number of carbonyl (C=O) groups is 1. The molecule has 5 heteroatoms. The molecule has 1 amide bonds. The zero-order chi connectivity index (χ0) is 16.8. The first-order valence-electron chi connectivity index (χ1n) is 8.08. The van der Waals surface area contributed by atoms with Gasteiger partial charge in [0.15, 0.2) is 11.3 Å². The summed E-state index contributed by atoms with van der Waals surface area (Å²) in [6.45, 7) is 7.82. The third-order valence-electron chi connectivity index (χ3n) is 5.26. The number of benzene rings is 1. The van der Waals surface area contributed by atoms with Gasteiger partial charge in [-0.25, -0.2) is 4.79 Å². The summed E-state index contributed by atoms with van der Waals surface area (Å²) in [4.78, 5) is 16.9. The standard InChI is InChI=1S/C18H24N2O3/c1-5-17(3)18(4,22)20(16(21)23-17)9-8-13-11-19-15-7-6-12(2)10-14(13)15/h6-7,10-11,19,22H,5,8-9H2,1-4H3. The number of aromatic amines is 1. The molecule has 2 unspecified atom stereocenters. The number of nitrogens with one attached hydrogen (secondary N) is 1. The van der Waals surface area contributed by atoms with Crippen LogP contribution in [-0.4, -0.2) is 39.0 Å². The molecule has 3 rings (SSSR count). The molecule has 1 saturated heterocycles. The number of aryl methyl sites for hydroxylation is 1. The van der Waals surface area contributed by atoms with E-state index in [4.69, 9.17) is 4.74 Å². The average Bonchev–Trinajstić information content (AvgIpc) is 2.95. The van der Waals surface area contributed by atoms with Gasteiger partial charge >= 0.3 is 6.09 Å². The third kappa shape index (κ3) is 2.39. The number of nitrogens with zero attached hydrogens (tertiary/aromatic N) is 1. The third-order valence-corrected chi connectivity index (χ3v) is 5.26. The molecule has 2 N–H and O–H groups in total. The fourth-order valence-corrected chi connectivity index (χ4v) is 3.26. The lowest BCUT2D eigenvalue weighted by Gasteiger charge is -2.36. The summed E-state index contributed by atoms with van der Waals surface area (Å²) >= 11 is 0. The maximum atomic E-state index is 12.2. The highest BCUT2D eigenvalue weighted by molar-refractivity contribution is 5.84. The van der Waals surface area contributed by atoms with Crippen LogP contribution in [-0.2, 0) is 11.2 Å². The van der Waals surface area contributed by atoms with Crippen LogP contribution in [0.25, 0.3) is 10.9 Å². The Kier molecular flexibility index (Phi) is 3.64. The minimum Gasteiger partial charge on any atom is -0.438 e. The molecule has 2 heterocycles. The van der Waals surface area contributed by atoms with Gasteiger partial charge in [0, 0.05) is 23.6 Å². The Labute approximate surface area is 136 Å². The van der Waals surface area contributed by atoms with Crippen LogP contribution >= 0.6 is 0 Å². The van der Waals surface area contributed by atoms with E-state index in [-0.39, 0.29) is 0 Å². The SMILES string of the molecule is CCC1(C)OC(=O)N(CCc2c[nH]c3ccc(C)cc23)C1(C)O. The predicted octanol–water partition coefficient (Wildman–Crippen LogP) is 3.35. The molecule has 5 nitrogen and oxygen atoms in total. The molecule has 23 heavy (non-hydrogen) atoms. The molecule has 2 aromatic rings. The van der Waals surface area contributed by atoms with Crippen LogP contribution in [0.2, 0.25) is 0 Å². The fourth-order valence-electron chi connectivity index (χ4n) is 3.26. The molecule has 2 atom stereocenters. The van der Waals surface area contributed by atoms with Gasteiger partial charge < -0.3 is 14.8 Å². The monoisotopic (exact) mass is 316 g/mol. The fraction of sp³-hybridized carbons (Fsp3) is 0.500.